The van der Waals surface area contributed by atoms with Crippen LogP contribution < -0.4 is 25.9 Å². The summed E-state index contributed by atoms with van der Waals surface area (Å²) in [6.07, 6.45) is 0. The number of nitrogens with zero attached hydrogens (tertiary/aromatic N) is 3. The van der Waals surface area contributed by atoms with E-state index in [0.717, 1.165) is 5.01 Å². The number of likely N-dealkylation sites (N-methyl/N-ethyl adjacent to an activating group) is 1. The van der Waals surface area contributed by atoms with Crippen LogP contribution in [0, 0.1) is 0 Å². The topological polar surface area (TPSA) is 182 Å². The Morgan fingerprint density at radius 3 is 2.29 bits per heavy atom. The van der Waals surface area contributed by atoms with Crippen LogP contribution >= 0.6 is 12.2 Å². The zero-order valence-corrected chi connectivity index (χ0v) is 18.5. The number of thiocarbonyl (C=S) groups is 1. The number of anilines is 2. The fraction of sp³-hybridized carbons (Fsp3) is 0.118. The quantitative estimate of drug-likeness (QED) is 0.387. The maximum atomic E-state index is 13.0. The van der Waals surface area contributed by atoms with Crippen molar-refractivity contribution in [3.63, 3.8) is 0 Å². The van der Waals surface area contributed by atoms with Crippen LogP contribution in [0.5, 0.6) is 0 Å². The molecule has 2 aromatic rings. The number of hydrogen-bond acceptors (Lipinski definition) is 7. The van der Waals surface area contributed by atoms with Crippen molar-refractivity contribution in [3.8, 4) is 0 Å². The van der Waals surface area contributed by atoms with E-state index in [0.29, 0.717) is 5.69 Å². The monoisotopic (exact) mass is 482 g/mol. The van der Waals surface area contributed by atoms with Crippen molar-refractivity contribution in [2.45, 2.75) is 16.7 Å². The number of carbonyl (C=O) groups is 1. The molecule has 14 heteroatoms. The van der Waals surface area contributed by atoms with E-state index >= 15 is 0 Å². The molecule has 2 aromatic carbocycles. The number of nitrogens with two attached hydrogens (primary N) is 3. The molecule has 0 spiro atoms. The molecule has 1 aliphatic heterocycles. The van der Waals surface area contributed by atoms with E-state index in [-0.39, 0.29) is 38.4 Å². The summed E-state index contributed by atoms with van der Waals surface area (Å²) < 4.78 is 47.6. The summed E-state index contributed by atoms with van der Waals surface area (Å²) in [5, 5.41) is 15.2. The molecular weight excluding hydrogens is 464 g/mol. The van der Waals surface area contributed by atoms with Crippen molar-refractivity contribution in [1.29, 1.82) is 0 Å². The lowest BCUT2D eigenvalue weighted by Gasteiger charge is -2.20. The number of sulfonamides is 2. The minimum absolute atomic E-state index is 0.0723. The number of fused-ring (bicyclic) bond motifs is 1. The lowest BCUT2D eigenvalue weighted by Crippen LogP contribution is -2.36. The molecule has 3 rings (SSSR count). The van der Waals surface area contributed by atoms with Gasteiger partial charge in [-0.2, -0.15) is 5.10 Å². The molecule has 1 amide bonds. The van der Waals surface area contributed by atoms with Gasteiger partial charge in [0.15, 0.2) is 10.8 Å². The number of primary sulfonamides is 2. The second kappa shape index (κ2) is 7.97. The number of carbonyl (C=O) groups excluding carboxylic acids is 1. The fourth-order valence-electron chi connectivity index (χ4n) is 3.07. The van der Waals surface area contributed by atoms with E-state index < -0.39 is 26.0 Å². The van der Waals surface area contributed by atoms with Gasteiger partial charge in [0, 0.05) is 12.1 Å². The molecule has 11 nitrogen and oxygen atoms in total. The largest absolute Gasteiger partial charge is 0.374 e. The molecule has 6 N–H and O–H groups in total. The molecule has 0 radical (unpaired) electrons. The summed E-state index contributed by atoms with van der Waals surface area (Å²) >= 11 is 5.02. The molecule has 1 aliphatic rings. The summed E-state index contributed by atoms with van der Waals surface area (Å²) in [6, 6.07) is 9.47. The Morgan fingerprint density at radius 1 is 1.10 bits per heavy atom. The van der Waals surface area contributed by atoms with E-state index in [4.69, 9.17) is 28.2 Å². The fourth-order valence-corrected chi connectivity index (χ4v) is 4.47. The smallest absolute Gasteiger partial charge is 0.279 e. The summed E-state index contributed by atoms with van der Waals surface area (Å²) in [4.78, 5) is 13.8. The minimum atomic E-state index is -4.18. The average Bonchev–Trinajstić information content (AvgIpc) is 2.94. The van der Waals surface area contributed by atoms with Crippen LogP contribution in [0.3, 0.4) is 0 Å². The molecule has 0 unspecified atom stereocenters. The first-order valence-corrected chi connectivity index (χ1v) is 12.2. The molecule has 0 atom stereocenters. The Labute approximate surface area is 184 Å². The van der Waals surface area contributed by atoms with Crippen LogP contribution in [0.15, 0.2) is 57.4 Å². The van der Waals surface area contributed by atoms with Gasteiger partial charge in [-0.1, -0.05) is 12.1 Å². The first-order chi connectivity index (χ1) is 14.4. The van der Waals surface area contributed by atoms with Gasteiger partial charge in [0.25, 0.3) is 5.91 Å². The van der Waals surface area contributed by atoms with E-state index in [1.54, 1.807) is 6.92 Å². The Kier molecular flexibility index (Phi) is 5.86. The number of hydrazone groups is 1. The summed E-state index contributed by atoms with van der Waals surface area (Å²) in [7, 11) is -8.24. The molecule has 0 aromatic heterocycles. The standard InChI is InChI=1S/C17H18N6O5S3/c1-2-22-12-8-7-10(30(19,25)26)9-11(12)15(16(22)24)21-23(17(18)29)13-5-3-4-6-14(13)31(20,27)28/h3-9H,2H2,1H3,(H2,18,29)(H2,19,25,26)(H2,20,27,28)/b21-15-. The molecule has 0 saturated heterocycles. The lowest BCUT2D eigenvalue weighted by atomic mass is 10.1. The van der Waals surface area contributed by atoms with Gasteiger partial charge in [0.05, 0.1) is 16.3 Å². The average molecular weight is 483 g/mol. The van der Waals surface area contributed by atoms with Gasteiger partial charge >= 0.3 is 0 Å². The Balaban J connectivity index is 2.27. The summed E-state index contributed by atoms with van der Waals surface area (Å²) in [6.45, 7) is 1.99. The highest BCUT2D eigenvalue weighted by atomic mass is 32.2. The number of hydrogen-bond donors (Lipinski definition) is 3. The molecule has 1 heterocycles. The molecule has 0 aliphatic carbocycles. The number of amides is 1. The summed E-state index contributed by atoms with van der Waals surface area (Å²) in [5.41, 5.74) is 6.08. The molecule has 0 saturated carbocycles. The van der Waals surface area contributed by atoms with E-state index in [1.165, 1.54) is 47.4 Å². The van der Waals surface area contributed by atoms with Crippen molar-refractivity contribution < 1.29 is 21.6 Å². The highest BCUT2D eigenvalue weighted by Gasteiger charge is 2.35. The molecule has 0 fully saturated rings. The number of rotatable bonds is 5. The Hall–Kier alpha value is -2.91. The Morgan fingerprint density at radius 2 is 1.74 bits per heavy atom. The maximum absolute atomic E-state index is 13.0. The molecule has 31 heavy (non-hydrogen) atoms. The van der Waals surface area contributed by atoms with E-state index in [9.17, 15) is 21.6 Å². The van der Waals surface area contributed by atoms with E-state index in [2.05, 4.69) is 5.10 Å². The third-order valence-corrected chi connectivity index (χ3v) is 6.46. The normalized spacial score (nSPS) is 15.3. The predicted octanol–water partition coefficient (Wildman–Crippen LogP) is -0.198. The van der Waals surface area contributed by atoms with Crippen molar-refractivity contribution in [2.75, 3.05) is 16.5 Å². The first-order valence-electron chi connectivity index (χ1n) is 8.65. The second-order valence-electron chi connectivity index (χ2n) is 6.38. The van der Waals surface area contributed by atoms with Crippen molar-refractivity contribution in [1.82, 2.24) is 0 Å². The third kappa shape index (κ3) is 4.28. The second-order valence-corrected chi connectivity index (χ2v) is 9.89. The van der Waals surface area contributed by atoms with Gasteiger partial charge in [0.2, 0.25) is 20.0 Å². The van der Waals surface area contributed by atoms with Gasteiger partial charge in [-0.25, -0.2) is 32.1 Å². The van der Waals surface area contributed by atoms with Crippen molar-refractivity contribution >= 4 is 60.4 Å². The van der Waals surface area contributed by atoms with Crippen molar-refractivity contribution in [2.24, 2.45) is 21.1 Å². The molecule has 0 bridgehead atoms. The lowest BCUT2D eigenvalue weighted by molar-refractivity contribution is -0.112. The minimum Gasteiger partial charge on any atom is -0.374 e. The first kappa shape index (κ1) is 22.8. The summed E-state index contributed by atoms with van der Waals surface area (Å²) in [5.74, 6) is -0.557. The predicted molar refractivity (Wildman–Crippen MR) is 119 cm³/mol. The van der Waals surface area contributed by atoms with Gasteiger partial charge in [-0.05, 0) is 49.5 Å². The zero-order valence-electron chi connectivity index (χ0n) is 16.1. The maximum Gasteiger partial charge on any atom is 0.279 e. The number of benzene rings is 2. The van der Waals surface area contributed by atoms with Crippen LogP contribution in [0.4, 0.5) is 11.4 Å². The van der Waals surface area contributed by atoms with Crippen LogP contribution in [-0.4, -0.2) is 40.1 Å². The van der Waals surface area contributed by atoms with Crippen LogP contribution in [0.2, 0.25) is 0 Å². The SMILES string of the molecule is CCN1C(=O)/C(=N\N(C(N)=S)c2ccccc2S(N)(=O)=O)c2cc(S(N)(=O)=O)ccc21. The molecule has 164 valence electrons. The highest BCUT2D eigenvalue weighted by molar-refractivity contribution is 7.89. The van der Waals surface area contributed by atoms with Crippen LogP contribution in [0.1, 0.15) is 12.5 Å². The van der Waals surface area contributed by atoms with Crippen molar-refractivity contribution in [3.05, 3.63) is 48.0 Å². The van der Waals surface area contributed by atoms with Gasteiger partial charge in [-0.15, -0.1) is 0 Å². The zero-order chi connectivity index (χ0) is 23.1. The Bertz CT molecular complexity index is 1340. The molecular formula is C17H18N6O5S3. The van der Waals surface area contributed by atoms with Gasteiger partial charge < -0.3 is 10.6 Å². The van der Waals surface area contributed by atoms with Crippen LogP contribution in [-0.2, 0) is 24.8 Å². The van der Waals surface area contributed by atoms with Gasteiger partial charge in [-0.3, -0.25) is 4.79 Å². The third-order valence-electron chi connectivity index (χ3n) is 4.42. The van der Waals surface area contributed by atoms with E-state index in [1.807, 2.05) is 0 Å². The highest BCUT2D eigenvalue weighted by Crippen LogP contribution is 2.32. The number of para-hydroxylation sites is 1. The van der Waals surface area contributed by atoms with Crippen LogP contribution in [0.25, 0.3) is 0 Å². The van der Waals surface area contributed by atoms with Gasteiger partial charge in [0.1, 0.15) is 4.90 Å².